The third-order valence-electron chi connectivity index (χ3n) is 7.19. The summed E-state index contributed by atoms with van der Waals surface area (Å²) < 4.78 is 21.4. The van der Waals surface area contributed by atoms with Crippen LogP contribution in [-0.2, 0) is 13.8 Å². The van der Waals surface area contributed by atoms with E-state index in [2.05, 4.69) is 9.84 Å². The molecule has 6 N–H and O–H groups in total. The number of nitrogens with zero attached hydrogens (tertiary/aromatic N) is 1. The fourth-order valence-corrected chi connectivity index (χ4v) is 5.76. The summed E-state index contributed by atoms with van der Waals surface area (Å²) in [6, 6.07) is -0.583. The smallest absolute Gasteiger partial charge is 0.387 e. The normalized spacial score (nSPS) is 34.9. The molecule has 2 saturated heterocycles. The molecule has 0 aromatic rings. The van der Waals surface area contributed by atoms with Crippen molar-refractivity contribution in [3.05, 3.63) is 0 Å². The lowest BCUT2D eigenvalue weighted by Gasteiger charge is -2.46. The number of carbonyl (C=O) groups is 1. The highest BCUT2D eigenvalue weighted by atomic mass is 31.2. The first-order chi connectivity index (χ1) is 15.6. The summed E-state index contributed by atoms with van der Waals surface area (Å²) in [6.45, 7) is -0.635. The van der Waals surface area contributed by atoms with Gasteiger partial charge < -0.3 is 35.2 Å². The summed E-state index contributed by atoms with van der Waals surface area (Å²) >= 11 is 0. The summed E-state index contributed by atoms with van der Waals surface area (Å²) in [5.41, 5.74) is -0.675. The average molecular weight is 495 g/mol. The van der Waals surface area contributed by atoms with Crippen LogP contribution in [-0.4, -0.2) is 79.0 Å². The van der Waals surface area contributed by atoms with Crippen molar-refractivity contribution in [3.63, 3.8) is 0 Å². The average Bonchev–Trinajstić information content (AvgIpc) is 2.93. The van der Waals surface area contributed by atoms with Gasteiger partial charge in [0.2, 0.25) is 0 Å². The summed E-state index contributed by atoms with van der Waals surface area (Å²) in [4.78, 5) is 32.7. The minimum atomic E-state index is -4.80. The molecule has 2 aliphatic heterocycles. The van der Waals surface area contributed by atoms with E-state index >= 15 is 0 Å². The van der Waals surface area contributed by atoms with Crippen molar-refractivity contribution >= 4 is 13.9 Å². The number of aliphatic hydroxyl groups is 3. The molecule has 1 spiro atoms. The number of aliphatic hydroxyl groups excluding tert-OH is 3. The minimum Gasteiger partial charge on any atom is -0.387 e. The SMILES string of the molecule is O=C1NC(O)CCC2(CCCCCCCCCCC2)N1C1OC(COP(=O)(O)O)C(O)C1O. The van der Waals surface area contributed by atoms with Crippen molar-refractivity contribution in [2.45, 2.75) is 120 Å². The van der Waals surface area contributed by atoms with Gasteiger partial charge in [0.25, 0.3) is 0 Å². The molecular weight excluding hydrogens is 455 g/mol. The van der Waals surface area contributed by atoms with Crippen molar-refractivity contribution in [2.75, 3.05) is 6.61 Å². The molecule has 0 bridgehead atoms. The molecule has 0 aromatic heterocycles. The molecule has 3 aliphatic rings. The Balaban J connectivity index is 1.86. The Bertz CT molecular complexity index is 679. The zero-order valence-electron chi connectivity index (χ0n) is 19.0. The Labute approximate surface area is 194 Å². The van der Waals surface area contributed by atoms with E-state index in [1.807, 2.05) is 0 Å². The fraction of sp³-hybridized carbons (Fsp3) is 0.952. The number of amides is 2. The zero-order chi connectivity index (χ0) is 24.1. The van der Waals surface area contributed by atoms with E-state index in [-0.39, 0.29) is 0 Å². The van der Waals surface area contributed by atoms with Crippen LogP contribution in [0.4, 0.5) is 4.79 Å². The first kappa shape index (κ1) is 26.8. The topological polar surface area (TPSA) is 169 Å². The molecule has 33 heavy (non-hydrogen) atoms. The maximum Gasteiger partial charge on any atom is 0.469 e. The van der Waals surface area contributed by atoms with Crippen LogP contribution in [0, 0.1) is 0 Å². The summed E-state index contributed by atoms with van der Waals surface area (Å²) in [5, 5.41) is 34.1. The van der Waals surface area contributed by atoms with Gasteiger partial charge in [-0.05, 0) is 25.7 Å². The molecule has 5 unspecified atom stereocenters. The second-order valence-electron chi connectivity index (χ2n) is 9.61. The van der Waals surface area contributed by atoms with Crippen LogP contribution in [0.1, 0.15) is 83.5 Å². The predicted octanol–water partition coefficient (Wildman–Crippen LogP) is 1.71. The van der Waals surface area contributed by atoms with Crippen molar-refractivity contribution < 1.29 is 43.7 Å². The quantitative estimate of drug-likeness (QED) is 0.319. The first-order valence-electron chi connectivity index (χ1n) is 12.1. The predicted molar refractivity (Wildman–Crippen MR) is 118 cm³/mol. The molecule has 0 aromatic carbocycles. The number of rotatable bonds is 4. The molecule has 12 heteroatoms. The molecule has 11 nitrogen and oxygen atoms in total. The van der Waals surface area contributed by atoms with E-state index in [1.54, 1.807) is 0 Å². The molecule has 5 atom stereocenters. The van der Waals surface area contributed by atoms with Crippen molar-refractivity contribution in [2.24, 2.45) is 0 Å². The van der Waals surface area contributed by atoms with Gasteiger partial charge in [0.05, 0.1) is 6.61 Å². The summed E-state index contributed by atoms with van der Waals surface area (Å²) in [5.74, 6) is 0. The van der Waals surface area contributed by atoms with Crippen LogP contribution < -0.4 is 5.32 Å². The van der Waals surface area contributed by atoms with Gasteiger partial charge in [0.1, 0.15) is 24.5 Å². The number of hydrogen-bond donors (Lipinski definition) is 6. The van der Waals surface area contributed by atoms with Gasteiger partial charge in [0, 0.05) is 5.54 Å². The lowest BCUT2D eigenvalue weighted by molar-refractivity contribution is -0.117. The Morgan fingerprint density at radius 2 is 1.48 bits per heavy atom. The number of carbonyl (C=O) groups excluding carboxylic acids is 1. The van der Waals surface area contributed by atoms with Crippen LogP contribution in [0.2, 0.25) is 0 Å². The van der Waals surface area contributed by atoms with Crippen LogP contribution in [0.25, 0.3) is 0 Å². The Kier molecular flexibility index (Phi) is 9.56. The number of nitrogens with one attached hydrogen (secondary N) is 1. The maximum atomic E-state index is 13.3. The Morgan fingerprint density at radius 1 is 0.939 bits per heavy atom. The van der Waals surface area contributed by atoms with E-state index in [0.717, 1.165) is 38.5 Å². The Morgan fingerprint density at radius 3 is 2.03 bits per heavy atom. The van der Waals surface area contributed by atoms with Gasteiger partial charge in [0.15, 0.2) is 6.23 Å². The molecule has 1 aliphatic carbocycles. The van der Waals surface area contributed by atoms with E-state index in [1.165, 1.54) is 24.2 Å². The highest BCUT2D eigenvalue weighted by molar-refractivity contribution is 7.46. The van der Waals surface area contributed by atoms with Gasteiger partial charge in [-0.3, -0.25) is 9.42 Å². The third kappa shape index (κ3) is 7.11. The van der Waals surface area contributed by atoms with Gasteiger partial charge >= 0.3 is 13.9 Å². The second-order valence-corrected chi connectivity index (χ2v) is 10.9. The molecule has 0 radical (unpaired) electrons. The third-order valence-corrected chi connectivity index (χ3v) is 7.67. The molecule has 3 fully saturated rings. The van der Waals surface area contributed by atoms with Crippen LogP contribution in [0.15, 0.2) is 0 Å². The van der Waals surface area contributed by atoms with Crippen LogP contribution >= 0.6 is 7.82 Å². The number of urea groups is 1. The number of phosphoric acid groups is 1. The van der Waals surface area contributed by atoms with E-state index in [0.29, 0.717) is 25.7 Å². The number of phosphoric ester groups is 1. The number of ether oxygens (including phenoxy) is 1. The highest BCUT2D eigenvalue weighted by Gasteiger charge is 2.54. The Hall–Kier alpha value is -0.780. The largest absolute Gasteiger partial charge is 0.469 e. The number of hydrogen-bond acceptors (Lipinski definition) is 7. The van der Waals surface area contributed by atoms with Crippen molar-refractivity contribution in [3.8, 4) is 0 Å². The lowest BCUT2D eigenvalue weighted by Crippen LogP contribution is -2.61. The van der Waals surface area contributed by atoms with Gasteiger partial charge in [-0.2, -0.15) is 0 Å². The van der Waals surface area contributed by atoms with E-state index in [9.17, 15) is 24.7 Å². The van der Waals surface area contributed by atoms with Gasteiger partial charge in [-0.1, -0.05) is 57.8 Å². The van der Waals surface area contributed by atoms with Crippen LogP contribution in [0.3, 0.4) is 0 Å². The molecule has 1 saturated carbocycles. The lowest BCUT2D eigenvalue weighted by atomic mass is 9.80. The highest BCUT2D eigenvalue weighted by Crippen LogP contribution is 2.42. The van der Waals surface area contributed by atoms with Gasteiger partial charge in [-0.25, -0.2) is 9.36 Å². The monoisotopic (exact) mass is 494 g/mol. The van der Waals surface area contributed by atoms with E-state index < -0.39 is 56.8 Å². The van der Waals surface area contributed by atoms with Crippen molar-refractivity contribution in [1.82, 2.24) is 10.2 Å². The summed E-state index contributed by atoms with van der Waals surface area (Å²) in [6.07, 6.45) is 5.43. The molecule has 192 valence electrons. The first-order valence-corrected chi connectivity index (χ1v) is 13.7. The van der Waals surface area contributed by atoms with Crippen LogP contribution in [0.5, 0.6) is 0 Å². The zero-order valence-corrected chi connectivity index (χ0v) is 19.9. The fourth-order valence-electron chi connectivity index (χ4n) is 5.42. The summed E-state index contributed by atoms with van der Waals surface area (Å²) in [7, 11) is -4.80. The van der Waals surface area contributed by atoms with E-state index in [4.69, 9.17) is 14.5 Å². The second kappa shape index (κ2) is 11.8. The molecule has 3 rings (SSSR count). The van der Waals surface area contributed by atoms with Crippen molar-refractivity contribution in [1.29, 1.82) is 0 Å². The molecule has 2 heterocycles. The van der Waals surface area contributed by atoms with Gasteiger partial charge in [-0.15, -0.1) is 0 Å². The standard InChI is InChI=1S/C21H39N2O9P/c24-16-10-13-21(11-8-6-4-2-1-3-5-7-9-12-21)23(20(27)22-16)19-18(26)17(25)15(32-19)14-31-33(28,29)30/h15-19,24-26H,1-14H2,(H,22,27)(H2,28,29,30). The minimum absolute atomic E-state index is 0.359. The maximum absolute atomic E-state index is 13.3. The molecular formula is C21H39N2O9P. The molecule has 2 amide bonds.